The summed E-state index contributed by atoms with van der Waals surface area (Å²) in [6.45, 7) is 3.39. The molecular formula is C9H11ClO2S. The monoisotopic (exact) mass is 218 g/mol. The van der Waals surface area contributed by atoms with Gasteiger partial charge in [0.05, 0.1) is 22.4 Å². The highest BCUT2D eigenvalue weighted by molar-refractivity contribution is 7.16. The van der Waals surface area contributed by atoms with Crippen LogP contribution in [0.5, 0.6) is 0 Å². The smallest absolute Gasteiger partial charge is 0.204 e. The zero-order valence-electron chi connectivity index (χ0n) is 7.38. The van der Waals surface area contributed by atoms with E-state index in [0.29, 0.717) is 13.2 Å². The Kier molecular flexibility index (Phi) is 2.60. The predicted molar refractivity (Wildman–Crippen MR) is 53.2 cm³/mol. The largest absolute Gasteiger partial charge is 0.343 e. The van der Waals surface area contributed by atoms with E-state index in [1.165, 1.54) is 11.3 Å². The second-order valence-electron chi connectivity index (χ2n) is 2.91. The van der Waals surface area contributed by atoms with Crippen LogP contribution >= 0.6 is 22.9 Å². The molecule has 0 saturated carbocycles. The van der Waals surface area contributed by atoms with Crippen LogP contribution in [0.2, 0.25) is 4.34 Å². The van der Waals surface area contributed by atoms with Crippen molar-refractivity contribution in [2.24, 2.45) is 0 Å². The minimum atomic E-state index is -0.516. The van der Waals surface area contributed by atoms with Crippen LogP contribution in [0, 0.1) is 0 Å². The summed E-state index contributed by atoms with van der Waals surface area (Å²) in [5.74, 6) is -0.516. The van der Waals surface area contributed by atoms with Crippen molar-refractivity contribution in [2.45, 2.75) is 19.1 Å². The van der Waals surface area contributed by atoms with Gasteiger partial charge in [0.25, 0.3) is 0 Å². The maximum atomic E-state index is 5.87. The van der Waals surface area contributed by atoms with E-state index >= 15 is 0 Å². The Morgan fingerprint density at radius 1 is 1.46 bits per heavy atom. The lowest BCUT2D eigenvalue weighted by Crippen LogP contribution is -2.24. The van der Waals surface area contributed by atoms with Gasteiger partial charge in [-0.25, -0.2) is 0 Å². The van der Waals surface area contributed by atoms with Gasteiger partial charge >= 0.3 is 0 Å². The Bertz CT molecular complexity index is 292. The number of hydrogen-bond donors (Lipinski definition) is 0. The van der Waals surface area contributed by atoms with E-state index in [9.17, 15) is 0 Å². The highest BCUT2D eigenvalue weighted by Gasteiger charge is 2.37. The molecule has 2 rings (SSSR count). The molecule has 2 nitrogen and oxygen atoms in total. The molecule has 0 amide bonds. The second-order valence-corrected chi connectivity index (χ2v) is 4.62. The van der Waals surface area contributed by atoms with Gasteiger partial charge in [0.2, 0.25) is 5.79 Å². The van der Waals surface area contributed by atoms with Gasteiger partial charge in [0.15, 0.2) is 0 Å². The van der Waals surface area contributed by atoms with Crippen LogP contribution in [0.15, 0.2) is 12.1 Å². The first kappa shape index (κ1) is 9.46. The quantitative estimate of drug-likeness (QED) is 0.760. The van der Waals surface area contributed by atoms with Crippen molar-refractivity contribution >= 4 is 22.9 Å². The summed E-state index contributed by atoms with van der Waals surface area (Å²) in [6.07, 6.45) is 0.823. The van der Waals surface area contributed by atoms with Crippen LogP contribution in [-0.4, -0.2) is 13.2 Å². The average Bonchev–Trinajstić information content (AvgIpc) is 2.73. The van der Waals surface area contributed by atoms with E-state index in [1.807, 2.05) is 12.1 Å². The lowest BCUT2D eigenvalue weighted by atomic mass is 10.2. The van der Waals surface area contributed by atoms with Gasteiger partial charge in [0, 0.05) is 6.42 Å². The van der Waals surface area contributed by atoms with Crippen LogP contribution in [0.1, 0.15) is 18.2 Å². The SMILES string of the molecule is CCC1(c2ccc(Cl)s2)OCCO1. The third kappa shape index (κ3) is 1.62. The average molecular weight is 219 g/mol. The fraction of sp³-hybridized carbons (Fsp3) is 0.556. The number of rotatable bonds is 2. The van der Waals surface area contributed by atoms with Crippen molar-refractivity contribution in [3.8, 4) is 0 Å². The Morgan fingerprint density at radius 3 is 2.62 bits per heavy atom. The second kappa shape index (κ2) is 3.58. The molecular weight excluding hydrogens is 208 g/mol. The van der Waals surface area contributed by atoms with E-state index in [1.54, 1.807) is 0 Å². The molecule has 0 atom stereocenters. The zero-order chi connectivity index (χ0) is 9.31. The first-order chi connectivity index (χ1) is 6.27. The standard InChI is InChI=1S/C9H11ClO2S/c1-2-9(11-5-6-12-9)7-3-4-8(10)13-7/h3-4H,2,5-6H2,1H3. The van der Waals surface area contributed by atoms with Gasteiger partial charge in [-0.05, 0) is 12.1 Å². The van der Waals surface area contributed by atoms with Gasteiger partial charge in [-0.2, -0.15) is 0 Å². The molecule has 0 spiro atoms. The Balaban J connectivity index is 2.30. The molecule has 0 aromatic carbocycles. The summed E-state index contributed by atoms with van der Waals surface area (Å²) in [7, 11) is 0. The van der Waals surface area contributed by atoms with Crippen LogP contribution in [-0.2, 0) is 15.3 Å². The molecule has 13 heavy (non-hydrogen) atoms. The molecule has 1 aromatic heterocycles. The first-order valence-corrected chi connectivity index (χ1v) is 5.50. The van der Waals surface area contributed by atoms with Gasteiger partial charge in [-0.15, -0.1) is 11.3 Å². The summed E-state index contributed by atoms with van der Waals surface area (Å²) in [4.78, 5) is 1.07. The highest BCUT2D eigenvalue weighted by Crippen LogP contribution is 2.39. The summed E-state index contributed by atoms with van der Waals surface area (Å²) in [5, 5.41) is 0. The van der Waals surface area contributed by atoms with Crippen LogP contribution < -0.4 is 0 Å². The predicted octanol–water partition coefficient (Wildman–Crippen LogP) is 3.01. The minimum absolute atomic E-state index is 0.516. The van der Waals surface area contributed by atoms with Crippen molar-refractivity contribution in [2.75, 3.05) is 13.2 Å². The molecule has 0 aliphatic carbocycles. The third-order valence-electron chi connectivity index (χ3n) is 2.17. The lowest BCUT2D eigenvalue weighted by Gasteiger charge is -2.24. The fourth-order valence-corrected chi connectivity index (χ4v) is 2.71. The maximum absolute atomic E-state index is 5.87. The lowest BCUT2D eigenvalue weighted by molar-refractivity contribution is -0.164. The maximum Gasteiger partial charge on any atom is 0.204 e. The van der Waals surface area contributed by atoms with Crippen LogP contribution in [0.3, 0.4) is 0 Å². The topological polar surface area (TPSA) is 18.5 Å². The summed E-state index contributed by atoms with van der Waals surface area (Å²) < 4.78 is 12.0. The van der Waals surface area contributed by atoms with Gasteiger partial charge < -0.3 is 9.47 Å². The first-order valence-electron chi connectivity index (χ1n) is 4.30. The van der Waals surface area contributed by atoms with E-state index < -0.39 is 5.79 Å². The minimum Gasteiger partial charge on any atom is -0.343 e. The van der Waals surface area contributed by atoms with Crippen molar-refractivity contribution in [3.05, 3.63) is 21.3 Å². The van der Waals surface area contributed by atoms with E-state index in [2.05, 4.69) is 6.92 Å². The molecule has 1 aromatic rings. The van der Waals surface area contributed by atoms with Crippen molar-refractivity contribution in [1.82, 2.24) is 0 Å². The summed E-state index contributed by atoms with van der Waals surface area (Å²) in [6, 6.07) is 3.85. The molecule has 0 radical (unpaired) electrons. The molecule has 1 saturated heterocycles. The van der Waals surface area contributed by atoms with E-state index in [0.717, 1.165) is 15.6 Å². The zero-order valence-corrected chi connectivity index (χ0v) is 8.95. The van der Waals surface area contributed by atoms with Crippen molar-refractivity contribution < 1.29 is 9.47 Å². The summed E-state index contributed by atoms with van der Waals surface area (Å²) in [5.41, 5.74) is 0. The highest BCUT2D eigenvalue weighted by atomic mass is 35.5. The van der Waals surface area contributed by atoms with Crippen molar-refractivity contribution in [3.63, 3.8) is 0 Å². The summed E-state index contributed by atoms with van der Waals surface area (Å²) >= 11 is 7.39. The Hall–Kier alpha value is -0.0900. The van der Waals surface area contributed by atoms with Gasteiger partial charge in [-0.1, -0.05) is 18.5 Å². The molecule has 4 heteroatoms. The normalized spacial score (nSPS) is 20.8. The molecule has 1 fully saturated rings. The number of halogens is 1. The molecule has 1 aliphatic rings. The Morgan fingerprint density at radius 2 is 2.15 bits per heavy atom. The molecule has 2 heterocycles. The van der Waals surface area contributed by atoms with E-state index in [4.69, 9.17) is 21.1 Å². The van der Waals surface area contributed by atoms with E-state index in [-0.39, 0.29) is 0 Å². The Labute approximate surface area is 86.4 Å². The van der Waals surface area contributed by atoms with Crippen LogP contribution in [0.25, 0.3) is 0 Å². The molecule has 1 aliphatic heterocycles. The fourth-order valence-electron chi connectivity index (χ4n) is 1.49. The number of thiophene rings is 1. The van der Waals surface area contributed by atoms with Gasteiger partial charge in [0.1, 0.15) is 0 Å². The van der Waals surface area contributed by atoms with Crippen LogP contribution in [0.4, 0.5) is 0 Å². The molecule has 0 bridgehead atoms. The number of ether oxygens (including phenoxy) is 2. The van der Waals surface area contributed by atoms with Crippen molar-refractivity contribution in [1.29, 1.82) is 0 Å². The molecule has 0 N–H and O–H groups in total. The molecule has 72 valence electrons. The van der Waals surface area contributed by atoms with Gasteiger partial charge in [-0.3, -0.25) is 0 Å². The number of hydrogen-bond acceptors (Lipinski definition) is 3. The third-order valence-corrected chi connectivity index (χ3v) is 3.52. The molecule has 0 unspecified atom stereocenters.